The molecule has 2 aromatic carbocycles. The van der Waals surface area contributed by atoms with E-state index in [4.69, 9.17) is 33.7 Å². The van der Waals surface area contributed by atoms with E-state index < -0.39 is 36.2 Å². The average Bonchev–Trinajstić information content (AvgIpc) is 3.44. The van der Waals surface area contributed by atoms with Crippen molar-refractivity contribution >= 4 is 35.8 Å². The number of amides is 2. The number of hydrogen-bond acceptors (Lipinski definition) is 16. The molecule has 4 heterocycles. The molecule has 2 aliphatic rings. The van der Waals surface area contributed by atoms with E-state index in [1.165, 1.54) is 18.2 Å². The summed E-state index contributed by atoms with van der Waals surface area (Å²) >= 11 is 0. The summed E-state index contributed by atoms with van der Waals surface area (Å²) in [5.41, 5.74) is 6.51. The second-order valence-corrected chi connectivity index (χ2v) is 19.2. The molecule has 0 unspecified atom stereocenters. The van der Waals surface area contributed by atoms with Crippen LogP contribution in [0.1, 0.15) is 98.9 Å². The van der Waals surface area contributed by atoms with Crippen LogP contribution in [0, 0.1) is 0 Å². The van der Waals surface area contributed by atoms with E-state index in [1.54, 1.807) is 14.2 Å². The maximum atomic E-state index is 12.4. The van der Waals surface area contributed by atoms with Crippen LogP contribution in [-0.2, 0) is 72.2 Å². The van der Waals surface area contributed by atoms with Crippen molar-refractivity contribution in [2.45, 2.75) is 128 Å². The topological polar surface area (TPSA) is 277 Å². The predicted molar refractivity (Wildman–Crippen MR) is 295 cm³/mol. The quantitative estimate of drug-likeness (QED) is 0.0215. The van der Waals surface area contributed by atoms with E-state index in [2.05, 4.69) is 55.3 Å². The number of methoxy groups -OCH3 is 3. The first-order valence-electron chi connectivity index (χ1n) is 26.6. The minimum absolute atomic E-state index is 0. The predicted octanol–water partition coefficient (Wildman–Crippen LogP) is 3.83. The summed E-state index contributed by atoms with van der Waals surface area (Å²) in [7, 11) is 4.69. The van der Waals surface area contributed by atoms with Crippen LogP contribution in [0.5, 0.6) is 0 Å². The second-order valence-electron chi connectivity index (χ2n) is 19.2. The Labute approximate surface area is 473 Å². The van der Waals surface area contributed by atoms with Crippen LogP contribution < -0.4 is 40.1 Å². The van der Waals surface area contributed by atoms with Gasteiger partial charge in [0.25, 0.3) is 0 Å². The van der Waals surface area contributed by atoms with Gasteiger partial charge in [-0.3, -0.25) is 0 Å². The first kappa shape index (κ1) is 68.3. The minimum atomic E-state index is -1.08. The maximum absolute atomic E-state index is 12.4. The number of aliphatic carboxylic acids is 1. The number of aryl methyl sites for hydroxylation is 4. The van der Waals surface area contributed by atoms with Crippen LogP contribution >= 0.6 is 0 Å². The van der Waals surface area contributed by atoms with E-state index in [9.17, 15) is 24.3 Å². The van der Waals surface area contributed by atoms with Gasteiger partial charge in [-0.25, -0.2) is 29.1 Å². The zero-order valence-electron chi connectivity index (χ0n) is 46.8. The van der Waals surface area contributed by atoms with Gasteiger partial charge < -0.3 is 70.8 Å². The van der Waals surface area contributed by atoms with E-state index in [1.807, 2.05) is 74.5 Å². The number of benzene rings is 2. The SMILES string of the molecule is COC(=O)[C@H](CCN(CCCCc1ccc2c(n1)NCCC2)C[C@@H](C)OC)NC(=O)OCc1ccccc1.CO[C@H](C)CN(CCCCc1ccc2c(n1)NCCC2)CC[C@H](NC(=O)OCc1ccccc1)C(=O)O.O.[Li+].[OH-]. The Bertz CT molecular complexity index is 2320. The molecule has 0 saturated carbocycles. The Morgan fingerprint density at radius 3 is 1.45 bits per heavy atom. The number of ether oxygens (including phenoxy) is 5. The Kier molecular flexibility index (Phi) is 33.9. The van der Waals surface area contributed by atoms with E-state index in [0.29, 0.717) is 26.1 Å². The van der Waals surface area contributed by atoms with Gasteiger partial charge in [0.15, 0.2) is 0 Å². The number of nitrogens with zero attached hydrogens (tertiary/aromatic N) is 4. The first-order chi connectivity index (χ1) is 36.4. The third-order valence-corrected chi connectivity index (χ3v) is 13.3. The molecule has 0 aliphatic carbocycles. The smallest absolute Gasteiger partial charge is 0.870 e. The van der Waals surface area contributed by atoms with E-state index in [0.717, 1.165) is 131 Å². The minimum Gasteiger partial charge on any atom is -0.870 e. The van der Waals surface area contributed by atoms with Crippen LogP contribution in [0.25, 0.3) is 0 Å². The fourth-order valence-corrected chi connectivity index (χ4v) is 8.85. The molecule has 0 spiro atoms. The molecule has 0 radical (unpaired) electrons. The molecule has 20 nitrogen and oxygen atoms in total. The molecule has 0 saturated heterocycles. The van der Waals surface area contributed by atoms with Gasteiger partial charge in [-0.1, -0.05) is 72.8 Å². The van der Waals surface area contributed by atoms with Gasteiger partial charge in [-0.2, -0.15) is 0 Å². The Morgan fingerprint density at radius 1 is 0.615 bits per heavy atom. The fraction of sp³-hybridized carbons (Fsp3) is 0.544. The fourth-order valence-electron chi connectivity index (χ4n) is 8.85. The number of fused-ring (bicyclic) bond motifs is 2. The largest absolute Gasteiger partial charge is 1.00 e. The van der Waals surface area contributed by atoms with Crippen molar-refractivity contribution in [2.24, 2.45) is 0 Å². The molecule has 8 N–H and O–H groups in total. The van der Waals surface area contributed by atoms with Crippen LogP contribution in [0.4, 0.5) is 21.2 Å². The standard InChI is InChI=1S/C29H42N4O5.C28H40N4O5.Li.2H2O/c1-22(36-2)20-33(18-8-7-13-25-15-14-24-12-9-17-30-27(24)31-25)19-16-26(28(34)37-3)32-29(35)38-21-23-10-5-4-6-11-23;1-21(36-2)19-32(17-7-6-12-24-14-13-23-11-8-16-29-26(23)30-24)18-15-25(27(33)34)31-28(35)37-20-22-9-4-3-5-10-22;;;/h4-6,10-11,14-15,22,26H,7-9,12-13,16-21H2,1-3H3,(H,30,31)(H,32,35);3-5,9-10,13-14,21,25H,6-8,11-12,15-20H2,1-2H3,(H,29,30)(H,31,35)(H,33,34);;2*1H2/q;;+1;;/p-1/t22-,26+;21-,25+;;;/m11.../s1. The first-order valence-corrected chi connectivity index (χ1v) is 26.6. The number of hydrogen-bond donors (Lipinski definition) is 5. The van der Waals surface area contributed by atoms with Crippen molar-refractivity contribution in [3.05, 3.63) is 119 Å². The van der Waals surface area contributed by atoms with Crippen molar-refractivity contribution in [3.8, 4) is 0 Å². The number of esters is 1. The molecule has 0 bridgehead atoms. The van der Waals surface area contributed by atoms with Gasteiger partial charge in [0.2, 0.25) is 0 Å². The summed E-state index contributed by atoms with van der Waals surface area (Å²) in [6, 6.07) is 25.5. The zero-order chi connectivity index (χ0) is 53.6. The van der Waals surface area contributed by atoms with Gasteiger partial charge in [-0.05, 0) is 138 Å². The summed E-state index contributed by atoms with van der Waals surface area (Å²) < 4.78 is 26.3. The number of carbonyl (C=O) groups excluding carboxylic acids is 3. The number of unbranched alkanes of at least 4 members (excludes halogenated alkanes) is 2. The molecule has 4 atom stereocenters. The molecule has 78 heavy (non-hydrogen) atoms. The number of nitrogens with one attached hydrogen (secondary N) is 4. The maximum Gasteiger partial charge on any atom is 1.00 e. The van der Waals surface area contributed by atoms with Gasteiger partial charge >= 0.3 is 43.0 Å². The van der Waals surface area contributed by atoms with Gasteiger partial charge in [0.05, 0.1) is 19.3 Å². The second kappa shape index (κ2) is 38.7. The molecular weight excluding hydrogens is 996 g/mol. The summed E-state index contributed by atoms with van der Waals surface area (Å²) in [5, 5.41) is 21.6. The van der Waals surface area contributed by atoms with Gasteiger partial charge in [-0.15, -0.1) is 0 Å². The van der Waals surface area contributed by atoms with Crippen molar-refractivity contribution in [1.29, 1.82) is 0 Å². The summed E-state index contributed by atoms with van der Waals surface area (Å²) in [6.07, 6.45) is 9.57. The number of anilines is 2. The van der Waals surface area contributed by atoms with Crippen LogP contribution in [-0.4, -0.2) is 158 Å². The third kappa shape index (κ3) is 25.8. The van der Waals surface area contributed by atoms with E-state index >= 15 is 0 Å². The van der Waals surface area contributed by atoms with Crippen LogP contribution in [0.3, 0.4) is 0 Å². The number of carboxylic acids is 1. The monoisotopic (exact) mass is 1080 g/mol. The number of rotatable bonds is 30. The molecular formula is C57H85LiN8O12. The summed E-state index contributed by atoms with van der Waals surface area (Å²) in [5.74, 6) is 0.485. The molecule has 21 heteroatoms. The van der Waals surface area contributed by atoms with Crippen molar-refractivity contribution in [2.75, 3.05) is 84.3 Å². The number of aromatic nitrogens is 2. The number of carboxylic acid groups (broad SMARTS) is 1. The molecule has 0 fully saturated rings. The number of carbonyl (C=O) groups is 4. The van der Waals surface area contributed by atoms with Crippen LogP contribution in [0.2, 0.25) is 0 Å². The van der Waals surface area contributed by atoms with Gasteiger partial charge in [0.1, 0.15) is 36.9 Å². The molecule has 4 aromatic rings. The Morgan fingerprint density at radius 2 is 1.04 bits per heavy atom. The number of alkyl carbamates (subject to hydrolysis) is 2. The van der Waals surface area contributed by atoms with Crippen molar-refractivity contribution in [1.82, 2.24) is 30.4 Å². The summed E-state index contributed by atoms with van der Waals surface area (Å²) in [6.45, 7) is 10.4. The zero-order valence-corrected chi connectivity index (χ0v) is 46.8. The molecule has 2 aromatic heterocycles. The average molecular weight is 1080 g/mol. The Balaban J connectivity index is 0.000000514. The normalized spacial score (nSPS) is 13.7. The number of pyridine rings is 2. The molecule has 6 rings (SSSR count). The van der Waals surface area contributed by atoms with E-state index in [-0.39, 0.29) is 61.7 Å². The molecule has 2 aliphatic heterocycles. The van der Waals surface area contributed by atoms with Crippen LogP contribution in [0.15, 0.2) is 84.9 Å². The third-order valence-electron chi connectivity index (χ3n) is 13.3. The van der Waals surface area contributed by atoms with Gasteiger partial charge in [0, 0.05) is 64.9 Å². The molecule has 2 amide bonds. The van der Waals surface area contributed by atoms with Crippen molar-refractivity contribution < 1.29 is 77.8 Å². The molecule has 426 valence electrons. The van der Waals surface area contributed by atoms with Crippen molar-refractivity contribution in [3.63, 3.8) is 0 Å². The Hall–Kier alpha value is -5.82. The summed E-state index contributed by atoms with van der Waals surface area (Å²) in [4.78, 5) is 62.8.